The molecule has 0 aliphatic carbocycles. The lowest BCUT2D eigenvalue weighted by molar-refractivity contribution is 0.215. The average molecular weight is 283 g/mol. The predicted octanol–water partition coefficient (Wildman–Crippen LogP) is 2.97. The van der Waals surface area contributed by atoms with Crippen molar-refractivity contribution in [2.24, 2.45) is 10.9 Å². The van der Waals surface area contributed by atoms with E-state index >= 15 is 0 Å². The van der Waals surface area contributed by atoms with E-state index in [0.29, 0.717) is 11.3 Å². The van der Waals surface area contributed by atoms with E-state index in [1.54, 1.807) is 0 Å². The molecule has 0 spiro atoms. The minimum absolute atomic E-state index is 0.516. The highest BCUT2D eigenvalue weighted by Gasteiger charge is 2.22. The van der Waals surface area contributed by atoms with Crippen LogP contribution in [0.1, 0.15) is 46.5 Å². The molecule has 0 amide bonds. The number of rotatable bonds is 5. The summed E-state index contributed by atoms with van der Waals surface area (Å²) in [5.41, 5.74) is 0. The number of aliphatic imine (C=N–C) groups is 1. The molecule has 110 valence electrons. The first-order valence-corrected chi connectivity index (χ1v) is 8.71. The first kappa shape index (κ1) is 15.2. The van der Waals surface area contributed by atoms with Crippen molar-refractivity contribution in [2.75, 3.05) is 26.2 Å². The quantitative estimate of drug-likeness (QED) is 0.840. The lowest BCUT2D eigenvalue weighted by Gasteiger charge is -2.29. The monoisotopic (exact) mass is 283 g/mol. The predicted molar refractivity (Wildman–Crippen MR) is 86.0 cm³/mol. The van der Waals surface area contributed by atoms with Crippen LogP contribution in [-0.2, 0) is 0 Å². The summed E-state index contributed by atoms with van der Waals surface area (Å²) >= 11 is 1.95. The summed E-state index contributed by atoms with van der Waals surface area (Å²) in [5.74, 6) is 0.776. The number of amidine groups is 1. The molecular weight excluding hydrogens is 254 g/mol. The number of hydrogen-bond donors (Lipinski definition) is 1. The van der Waals surface area contributed by atoms with Crippen molar-refractivity contribution in [2.45, 2.75) is 57.7 Å². The second-order valence-corrected chi connectivity index (χ2v) is 7.71. The Balaban J connectivity index is 1.66. The molecule has 19 heavy (non-hydrogen) atoms. The highest BCUT2D eigenvalue weighted by molar-refractivity contribution is 8.14. The number of nitrogens with one attached hydrogen (secondary N) is 1. The van der Waals surface area contributed by atoms with Crippen LogP contribution in [0, 0.1) is 5.92 Å². The number of hydrogen-bond acceptors (Lipinski definition) is 4. The molecule has 1 N–H and O–H groups in total. The van der Waals surface area contributed by atoms with Gasteiger partial charge in [0.25, 0.3) is 0 Å². The van der Waals surface area contributed by atoms with Crippen LogP contribution in [0.3, 0.4) is 0 Å². The van der Waals surface area contributed by atoms with Crippen molar-refractivity contribution in [1.29, 1.82) is 0 Å². The van der Waals surface area contributed by atoms with Crippen LogP contribution < -0.4 is 5.32 Å². The van der Waals surface area contributed by atoms with Gasteiger partial charge in [-0.25, -0.2) is 0 Å². The molecule has 2 aliphatic heterocycles. The second kappa shape index (κ2) is 7.53. The lowest BCUT2D eigenvalue weighted by atomic mass is 10.1. The lowest BCUT2D eigenvalue weighted by Crippen LogP contribution is -2.42. The van der Waals surface area contributed by atoms with Gasteiger partial charge in [-0.2, -0.15) is 0 Å². The smallest absolute Gasteiger partial charge is 0.157 e. The van der Waals surface area contributed by atoms with E-state index in [1.807, 2.05) is 11.8 Å². The van der Waals surface area contributed by atoms with Gasteiger partial charge >= 0.3 is 0 Å². The van der Waals surface area contributed by atoms with Crippen molar-refractivity contribution < 1.29 is 0 Å². The Labute approximate surface area is 122 Å². The molecule has 1 fully saturated rings. The zero-order valence-corrected chi connectivity index (χ0v) is 13.5. The van der Waals surface area contributed by atoms with Gasteiger partial charge in [0.05, 0.1) is 6.54 Å². The van der Waals surface area contributed by atoms with Crippen LogP contribution in [0.15, 0.2) is 4.99 Å². The van der Waals surface area contributed by atoms with Crippen LogP contribution in [0.5, 0.6) is 0 Å². The summed E-state index contributed by atoms with van der Waals surface area (Å²) < 4.78 is 0. The Morgan fingerprint density at radius 1 is 1.26 bits per heavy atom. The summed E-state index contributed by atoms with van der Waals surface area (Å²) in [6, 6.07) is 0.516. The third-order valence-electron chi connectivity index (χ3n) is 3.80. The van der Waals surface area contributed by atoms with Crippen molar-refractivity contribution in [3.8, 4) is 0 Å². The van der Waals surface area contributed by atoms with Crippen LogP contribution in [-0.4, -0.2) is 47.5 Å². The summed E-state index contributed by atoms with van der Waals surface area (Å²) in [6.07, 6.45) is 5.44. The highest BCUT2D eigenvalue weighted by atomic mass is 32.2. The minimum atomic E-state index is 0.516. The maximum absolute atomic E-state index is 4.65. The molecule has 0 bridgehead atoms. The highest BCUT2D eigenvalue weighted by Crippen LogP contribution is 2.25. The van der Waals surface area contributed by atoms with Crippen LogP contribution in [0.4, 0.5) is 0 Å². The molecular formula is C15H29N3S. The number of nitrogens with zero attached hydrogens (tertiary/aromatic N) is 2. The Bertz CT molecular complexity index is 298. The van der Waals surface area contributed by atoms with Gasteiger partial charge in [-0.1, -0.05) is 32.0 Å². The van der Waals surface area contributed by atoms with Crippen molar-refractivity contribution >= 4 is 16.9 Å². The SMILES string of the molecule is CC(C)CC1CN=C(NC(C)CN2CCCCC2)S1. The third-order valence-corrected chi connectivity index (χ3v) is 4.95. The Hall–Kier alpha value is -0.220. The van der Waals surface area contributed by atoms with Gasteiger partial charge in [0, 0.05) is 17.8 Å². The van der Waals surface area contributed by atoms with Crippen LogP contribution in [0.2, 0.25) is 0 Å². The first-order chi connectivity index (χ1) is 9.13. The Kier molecular flexibility index (Phi) is 6.02. The molecule has 4 heteroatoms. The third kappa shape index (κ3) is 5.35. The van der Waals surface area contributed by atoms with Crippen LogP contribution in [0.25, 0.3) is 0 Å². The minimum Gasteiger partial charge on any atom is -0.361 e. The standard InChI is InChI=1S/C15H29N3S/c1-12(2)9-14-10-16-15(19-14)17-13(3)11-18-7-5-4-6-8-18/h12-14H,4-11H2,1-3H3,(H,16,17). The van der Waals surface area contributed by atoms with Crippen molar-refractivity contribution in [3.05, 3.63) is 0 Å². The molecule has 2 atom stereocenters. The molecule has 0 aromatic carbocycles. The Morgan fingerprint density at radius 2 is 2.00 bits per heavy atom. The zero-order valence-electron chi connectivity index (χ0n) is 12.7. The van der Waals surface area contributed by atoms with E-state index in [0.717, 1.165) is 19.0 Å². The first-order valence-electron chi connectivity index (χ1n) is 7.83. The van der Waals surface area contributed by atoms with Gasteiger partial charge in [-0.05, 0) is 45.2 Å². The molecule has 2 unspecified atom stereocenters. The topological polar surface area (TPSA) is 27.6 Å². The van der Waals surface area contributed by atoms with Gasteiger partial charge in [0.15, 0.2) is 5.17 Å². The van der Waals surface area contributed by atoms with Gasteiger partial charge in [-0.15, -0.1) is 0 Å². The summed E-state index contributed by atoms with van der Waals surface area (Å²) in [4.78, 5) is 7.24. The largest absolute Gasteiger partial charge is 0.361 e. The average Bonchev–Trinajstić information content (AvgIpc) is 2.76. The summed E-state index contributed by atoms with van der Waals surface area (Å²) in [5, 5.41) is 5.48. The molecule has 0 saturated carbocycles. The molecule has 1 saturated heterocycles. The number of likely N-dealkylation sites (tertiary alicyclic amines) is 1. The zero-order chi connectivity index (χ0) is 13.7. The fourth-order valence-corrected chi connectivity index (χ4v) is 4.30. The van der Waals surface area contributed by atoms with Gasteiger partial charge in [0.2, 0.25) is 0 Å². The van der Waals surface area contributed by atoms with E-state index in [9.17, 15) is 0 Å². The molecule has 2 aliphatic rings. The second-order valence-electron chi connectivity index (χ2n) is 6.42. The summed E-state index contributed by atoms with van der Waals surface area (Å²) in [6.45, 7) is 11.6. The Morgan fingerprint density at radius 3 is 2.68 bits per heavy atom. The van der Waals surface area contributed by atoms with E-state index < -0.39 is 0 Å². The van der Waals surface area contributed by atoms with Gasteiger partial charge in [0.1, 0.15) is 0 Å². The molecule has 0 aromatic heterocycles. The van der Waals surface area contributed by atoms with E-state index in [2.05, 4.69) is 36.0 Å². The van der Waals surface area contributed by atoms with E-state index in [1.165, 1.54) is 43.9 Å². The molecule has 2 heterocycles. The molecule has 0 radical (unpaired) electrons. The maximum atomic E-state index is 4.65. The normalized spacial score (nSPS) is 26.5. The number of piperidine rings is 1. The molecule has 2 rings (SSSR count). The van der Waals surface area contributed by atoms with Crippen molar-refractivity contribution in [1.82, 2.24) is 10.2 Å². The van der Waals surface area contributed by atoms with Gasteiger partial charge < -0.3 is 10.2 Å². The maximum Gasteiger partial charge on any atom is 0.157 e. The molecule has 0 aromatic rings. The summed E-state index contributed by atoms with van der Waals surface area (Å²) in [7, 11) is 0. The fourth-order valence-electron chi connectivity index (χ4n) is 2.93. The van der Waals surface area contributed by atoms with Crippen LogP contribution >= 0.6 is 11.8 Å². The van der Waals surface area contributed by atoms with E-state index in [4.69, 9.17) is 0 Å². The fraction of sp³-hybridized carbons (Fsp3) is 0.933. The molecule has 3 nitrogen and oxygen atoms in total. The van der Waals surface area contributed by atoms with Gasteiger partial charge in [-0.3, -0.25) is 4.99 Å². The van der Waals surface area contributed by atoms with E-state index in [-0.39, 0.29) is 0 Å². The number of thioether (sulfide) groups is 1. The van der Waals surface area contributed by atoms with Crippen molar-refractivity contribution in [3.63, 3.8) is 0 Å².